The zero-order valence-electron chi connectivity index (χ0n) is 15.2. The van der Waals surface area contributed by atoms with Gasteiger partial charge < -0.3 is 9.64 Å². The largest absolute Gasteiger partial charge is 0.457 e. The second-order valence-electron chi connectivity index (χ2n) is 6.53. The van der Waals surface area contributed by atoms with E-state index in [4.69, 9.17) is 4.74 Å². The van der Waals surface area contributed by atoms with Gasteiger partial charge in [-0.25, -0.2) is 0 Å². The van der Waals surface area contributed by atoms with Crippen LogP contribution in [0.15, 0.2) is 48.5 Å². The maximum atomic E-state index is 12.3. The lowest BCUT2D eigenvalue weighted by atomic mass is 10.1. The molecule has 2 aromatic rings. The molecule has 0 bridgehead atoms. The molecule has 1 amide bonds. The quantitative estimate of drug-likeness (QED) is 0.329. The fraction of sp³-hybridized carbons (Fsp3) is 0.250. The topological polar surface area (TPSA) is 107 Å². The van der Waals surface area contributed by atoms with E-state index in [1.54, 1.807) is 49.4 Å². The van der Waals surface area contributed by atoms with Gasteiger partial charge in [0.1, 0.15) is 0 Å². The number of Topliss-reactive ketones (excluding diaryl/α,β-unsaturated/α-hetero) is 1. The predicted molar refractivity (Wildman–Crippen MR) is 100 cm³/mol. The van der Waals surface area contributed by atoms with E-state index in [0.29, 0.717) is 16.8 Å². The van der Waals surface area contributed by atoms with Crippen LogP contribution in [-0.2, 0) is 14.3 Å². The average Bonchev–Trinajstić information content (AvgIpc) is 3.08. The minimum atomic E-state index is -0.726. The molecule has 0 spiro atoms. The van der Waals surface area contributed by atoms with E-state index in [0.717, 1.165) is 0 Å². The van der Waals surface area contributed by atoms with Crippen LogP contribution in [0, 0.1) is 23.0 Å². The van der Waals surface area contributed by atoms with Crippen molar-refractivity contribution in [3.63, 3.8) is 0 Å². The lowest BCUT2D eigenvalue weighted by Crippen LogP contribution is -2.27. The Balaban J connectivity index is 1.64. The van der Waals surface area contributed by atoms with Gasteiger partial charge in [0.05, 0.1) is 16.5 Å². The van der Waals surface area contributed by atoms with Crippen molar-refractivity contribution in [1.82, 2.24) is 0 Å². The number of nitro benzene ring substituents is 1. The Bertz CT molecular complexity index is 941. The first-order valence-corrected chi connectivity index (χ1v) is 8.67. The molecule has 0 N–H and O–H groups in total. The standard InChI is InChI=1S/C20H18N2O6/c1-13-7-8-16(10-17(13)22(26)27)21-11-15(9-19(21)24)20(25)28-12-18(23)14-5-3-2-4-6-14/h2-8,10,15H,9,11-12H2,1H3/t15-/m0/s1. The number of esters is 1. The van der Waals surface area contributed by atoms with Gasteiger partial charge in [0.25, 0.3) is 5.69 Å². The van der Waals surface area contributed by atoms with Crippen LogP contribution in [0.25, 0.3) is 0 Å². The van der Waals surface area contributed by atoms with Crippen molar-refractivity contribution in [2.45, 2.75) is 13.3 Å². The molecular weight excluding hydrogens is 364 g/mol. The Morgan fingerprint density at radius 1 is 1.21 bits per heavy atom. The van der Waals surface area contributed by atoms with Crippen LogP contribution >= 0.6 is 0 Å². The number of amides is 1. The van der Waals surface area contributed by atoms with Crippen molar-refractivity contribution < 1.29 is 24.0 Å². The molecule has 0 radical (unpaired) electrons. The van der Waals surface area contributed by atoms with Crippen molar-refractivity contribution in [1.29, 1.82) is 0 Å². The number of rotatable bonds is 6. The van der Waals surface area contributed by atoms with Gasteiger partial charge >= 0.3 is 5.97 Å². The maximum Gasteiger partial charge on any atom is 0.311 e. The first-order valence-electron chi connectivity index (χ1n) is 8.67. The summed E-state index contributed by atoms with van der Waals surface area (Å²) in [6.45, 7) is 1.26. The summed E-state index contributed by atoms with van der Waals surface area (Å²) in [5, 5.41) is 11.1. The number of ether oxygens (including phenoxy) is 1. The number of nitro groups is 1. The molecule has 1 heterocycles. The number of ketones is 1. The van der Waals surface area contributed by atoms with Crippen LogP contribution in [0.5, 0.6) is 0 Å². The fourth-order valence-corrected chi connectivity index (χ4v) is 3.04. The highest BCUT2D eigenvalue weighted by atomic mass is 16.6. The Labute approximate surface area is 160 Å². The fourth-order valence-electron chi connectivity index (χ4n) is 3.04. The third-order valence-corrected chi connectivity index (χ3v) is 4.60. The number of hydrogen-bond donors (Lipinski definition) is 0. The maximum absolute atomic E-state index is 12.3. The number of hydrogen-bond acceptors (Lipinski definition) is 6. The van der Waals surface area contributed by atoms with Crippen molar-refractivity contribution in [3.8, 4) is 0 Å². The predicted octanol–water partition coefficient (Wildman–Crippen LogP) is 2.68. The first-order chi connectivity index (χ1) is 13.4. The summed E-state index contributed by atoms with van der Waals surface area (Å²) in [6.07, 6.45) is -0.0694. The Hall–Kier alpha value is -3.55. The molecule has 3 rings (SSSR count). The molecule has 8 heteroatoms. The van der Waals surface area contributed by atoms with Crippen molar-refractivity contribution in [3.05, 3.63) is 69.8 Å². The van der Waals surface area contributed by atoms with E-state index in [-0.39, 0.29) is 30.3 Å². The number of aryl methyl sites for hydroxylation is 1. The molecule has 8 nitrogen and oxygen atoms in total. The normalized spacial score (nSPS) is 16.1. The lowest BCUT2D eigenvalue weighted by molar-refractivity contribution is -0.385. The van der Waals surface area contributed by atoms with E-state index in [2.05, 4.69) is 0 Å². The second-order valence-corrected chi connectivity index (χ2v) is 6.53. The van der Waals surface area contributed by atoms with Crippen LogP contribution in [-0.4, -0.2) is 35.7 Å². The molecule has 0 unspecified atom stereocenters. The van der Waals surface area contributed by atoms with E-state index in [1.165, 1.54) is 11.0 Å². The molecule has 1 aliphatic heterocycles. The van der Waals surface area contributed by atoms with Gasteiger partial charge in [0, 0.05) is 30.2 Å². The van der Waals surface area contributed by atoms with Crippen LogP contribution in [0.4, 0.5) is 11.4 Å². The van der Waals surface area contributed by atoms with Crippen LogP contribution < -0.4 is 4.90 Å². The highest BCUT2D eigenvalue weighted by molar-refractivity contribution is 6.01. The summed E-state index contributed by atoms with van der Waals surface area (Å²) in [4.78, 5) is 48.5. The summed E-state index contributed by atoms with van der Waals surface area (Å²) >= 11 is 0. The van der Waals surface area contributed by atoms with Crippen molar-refractivity contribution in [2.75, 3.05) is 18.1 Å². The number of carbonyl (C=O) groups is 3. The molecule has 144 valence electrons. The Morgan fingerprint density at radius 2 is 1.93 bits per heavy atom. The highest BCUT2D eigenvalue weighted by Crippen LogP contribution is 2.30. The van der Waals surface area contributed by atoms with Crippen LogP contribution in [0.2, 0.25) is 0 Å². The molecule has 0 aromatic heterocycles. The number of nitrogens with zero attached hydrogens (tertiary/aromatic N) is 2. The first kappa shape index (κ1) is 19.2. The third kappa shape index (κ3) is 4.06. The Morgan fingerprint density at radius 3 is 2.61 bits per heavy atom. The summed E-state index contributed by atoms with van der Waals surface area (Å²) < 4.78 is 5.08. The smallest absolute Gasteiger partial charge is 0.311 e. The molecule has 1 saturated heterocycles. The molecule has 1 fully saturated rings. The summed E-state index contributed by atoms with van der Waals surface area (Å²) in [7, 11) is 0. The minimum Gasteiger partial charge on any atom is -0.457 e. The third-order valence-electron chi connectivity index (χ3n) is 4.60. The number of benzene rings is 2. The van der Waals surface area contributed by atoms with E-state index in [9.17, 15) is 24.5 Å². The Kier molecular flexibility index (Phi) is 5.49. The van der Waals surface area contributed by atoms with Gasteiger partial charge in [0.15, 0.2) is 12.4 Å². The molecule has 0 aliphatic carbocycles. The molecule has 0 saturated carbocycles. The monoisotopic (exact) mass is 382 g/mol. The summed E-state index contributed by atoms with van der Waals surface area (Å²) in [5.74, 6) is -2.02. The van der Waals surface area contributed by atoms with E-state index in [1.807, 2.05) is 0 Å². The zero-order chi connectivity index (χ0) is 20.3. The van der Waals surface area contributed by atoms with Gasteiger partial charge in [-0.3, -0.25) is 24.5 Å². The van der Waals surface area contributed by atoms with Gasteiger partial charge in [-0.2, -0.15) is 0 Å². The van der Waals surface area contributed by atoms with Crippen LogP contribution in [0.1, 0.15) is 22.3 Å². The van der Waals surface area contributed by atoms with Crippen molar-refractivity contribution >= 4 is 29.0 Å². The number of carbonyl (C=O) groups excluding carboxylic acids is 3. The SMILES string of the molecule is Cc1ccc(N2C[C@@H](C(=O)OCC(=O)c3ccccc3)CC2=O)cc1[N+](=O)[O-]. The van der Waals surface area contributed by atoms with Gasteiger partial charge in [-0.05, 0) is 13.0 Å². The zero-order valence-corrected chi connectivity index (χ0v) is 15.2. The summed E-state index contributed by atoms with van der Waals surface area (Å²) in [5.41, 5.74) is 1.19. The number of anilines is 1. The molecule has 2 aromatic carbocycles. The molecule has 1 atom stereocenters. The summed E-state index contributed by atoms with van der Waals surface area (Å²) in [6, 6.07) is 12.9. The average molecular weight is 382 g/mol. The lowest BCUT2D eigenvalue weighted by Gasteiger charge is -2.16. The van der Waals surface area contributed by atoms with Crippen molar-refractivity contribution in [2.24, 2.45) is 5.92 Å². The van der Waals surface area contributed by atoms with E-state index >= 15 is 0 Å². The molecular formula is C20H18N2O6. The van der Waals surface area contributed by atoms with E-state index < -0.39 is 23.4 Å². The van der Waals surface area contributed by atoms with Crippen LogP contribution in [0.3, 0.4) is 0 Å². The highest BCUT2D eigenvalue weighted by Gasteiger charge is 2.37. The minimum absolute atomic E-state index is 0.0530. The molecule has 1 aliphatic rings. The van der Waals surface area contributed by atoms with Gasteiger partial charge in [-0.1, -0.05) is 36.4 Å². The van der Waals surface area contributed by atoms with Gasteiger partial charge in [-0.15, -0.1) is 0 Å². The molecule has 28 heavy (non-hydrogen) atoms. The second kappa shape index (κ2) is 7.99. The van der Waals surface area contributed by atoms with Gasteiger partial charge in [0.2, 0.25) is 5.91 Å².